The first-order valence-electron chi connectivity index (χ1n) is 7.21. The third kappa shape index (κ3) is 4.44. The van der Waals surface area contributed by atoms with E-state index in [-0.39, 0.29) is 23.5 Å². The van der Waals surface area contributed by atoms with Gasteiger partial charge >= 0.3 is 5.97 Å². The number of unbranched alkanes of at least 4 members (excludes halogenated alkanes) is 2. The Kier molecular flexibility index (Phi) is 6.65. The van der Waals surface area contributed by atoms with Crippen molar-refractivity contribution >= 4 is 17.3 Å². The number of hydrogen-bond acceptors (Lipinski definition) is 5. The van der Waals surface area contributed by atoms with Gasteiger partial charge in [-0.15, -0.1) is 0 Å². The van der Waals surface area contributed by atoms with Gasteiger partial charge in [0.1, 0.15) is 5.69 Å². The summed E-state index contributed by atoms with van der Waals surface area (Å²) in [4.78, 5) is 22.8. The van der Waals surface area contributed by atoms with Crippen LogP contribution >= 0.6 is 0 Å². The van der Waals surface area contributed by atoms with Gasteiger partial charge in [0.05, 0.1) is 17.1 Å². The predicted octanol–water partition coefficient (Wildman–Crippen LogP) is 3.68. The van der Waals surface area contributed by atoms with Crippen LogP contribution in [0, 0.1) is 17.0 Å². The Morgan fingerprint density at radius 3 is 2.62 bits per heavy atom. The van der Waals surface area contributed by atoms with Gasteiger partial charge in [-0.25, -0.2) is 4.79 Å². The minimum atomic E-state index is -0.531. The maximum absolute atomic E-state index is 12.1. The van der Waals surface area contributed by atoms with E-state index in [0.717, 1.165) is 19.3 Å². The quantitative estimate of drug-likeness (QED) is 0.342. The van der Waals surface area contributed by atoms with Crippen molar-refractivity contribution in [3.8, 4) is 0 Å². The van der Waals surface area contributed by atoms with E-state index in [1.807, 2.05) is 0 Å². The van der Waals surface area contributed by atoms with Gasteiger partial charge in [0, 0.05) is 12.6 Å². The topological polar surface area (TPSA) is 81.5 Å². The average Bonchev–Trinajstić information content (AvgIpc) is 2.43. The lowest BCUT2D eigenvalue weighted by Gasteiger charge is -2.13. The number of nitro benzene ring substituents is 1. The number of ether oxygens (including phenoxy) is 1. The van der Waals surface area contributed by atoms with Crippen LogP contribution in [-0.4, -0.2) is 24.0 Å². The molecule has 116 valence electrons. The fraction of sp³-hybridized carbons (Fsp3) is 0.533. The second kappa shape index (κ2) is 8.24. The molecule has 0 amide bonds. The van der Waals surface area contributed by atoms with Gasteiger partial charge in [0.25, 0.3) is 5.69 Å². The van der Waals surface area contributed by atoms with E-state index >= 15 is 0 Å². The van der Waals surface area contributed by atoms with E-state index < -0.39 is 10.9 Å². The summed E-state index contributed by atoms with van der Waals surface area (Å²) >= 11 is 0. The van der Waals surface area contributed by atoms with Crippen molar-refractivity contribution in [3.63, 3.8) is 0 Å². The Balaban J connectivity index is 3.15. The van der Waals surface area contributed by atoms with E-state index in [1.54, 1.807) is 19.9 Å². The van der Waals surface area contributed by atoms with E-state index in [1.165, 1.54) is 6.07 Å². The summed E-state index contributed by atoms with van der Waals surface area (Å²) in [5.41, 5.74) is 1.08. The van der Waals surface area contributed by atoms with Gasteiger partial charge in [-0.05, 0) is 25.8 Å². The zero-order valence-corrected chi connectivity index (χ0v) is 12.8. The van der Waals surface area contributed by atoms with Crippen LogP contribution in [0.3, 0.4) is 0 Å². The number of nitro groups is 1. The van der Waals surface area contributed by atoms with Crippen LogP contribution in [0.2, 0.25) is 0 Å². The number of benzene rings is 1. The third-order valence-electron chi connectivity index (χ3n) is 3.15. The minimum absolute atomic E-state index is 0.0971. The van der Waals surface area contributed by atoms with Gasteiger partial charge in [0.2, 0.25) is 0 Å². The van der Waals surface area contributed by atoms with Crippen LogP contribution in [0.1, 0.15) is 49.0 Å². The fourth-order valence-electron chi connectivity index (χ4n) is 2.08. The van der Waals surface area contributed by atoms with Crippen LogP contribution in [-0.2, 0) is 4.74 Å². The maximum atomic E-state index is 12.1. The Labute approximate surface area is 124 Å². The lowest BCUT2D eigenvalue weighted by atomic mass is 10.0. The minimum Gasteiger partial charge on any atom is -0.462 e. The van der Waals surface area contributed by atoms with Crippen molar-refractivity contribution in [2.24, 2.45) is 0 Å². The summed E-state index contributed by atoms with van der Waals surface area (Å²) in [5.74, 6) is -0.531. The Morgan fingerprint density at radius 2 is 2.05 bits per heavy atom. The van der Waals surface area contributed by atoms with Crippen LogP contribution in [0.4, 0.5) is 11.4 Å². The number of esters is 1. The highest BCUT2D eigenvalue weighted by Gasteiger charge is 2.24. The second-order valence-corrected chi connectivity index (χ2v) is 4.76. The molecule has 1 aromatic rings. The van der Waals surface area contributed by atoms with E-state index in [2.05, 4.69) is 12.2 Å². The molecule has 0 bridgehead atoms. The van der Waals surface area contributed by atoms with Crippen molar-refractivity contribution in [3.05, 3.63) is 33.4 Å². The van der Waals surface area contributed by atoms with Crippen LogP contribution < -0.4 is 5.32 Å². The SMILES string of the molecule is CCCCCNc1c([N+](=O)[O-])ccc(C)c1C(=O)OCC. The highest BCUT2D eigenvalue weighted by Crippen LogP contribution is 2.31. The molecule has 6 nitrogen and oxygen atoms in total. The summed E-state index contributed by atoms with van der Waals surface area (Å²) in [6, 6.07) is 2.99. The predicted molar refractivity (Wildman–Crippen MR) is 81.8 cm³/mol. The molecule has 1 aromatic carbocycles. The van der Waals surface area contributed by atoms with Crippen molar-refractivity contribution < 1.29 is 14.5 Å². The van der Waals surface area contributed by atoms with Gasteiger partial charge in [-0.1, -0.05) is 25.8 Å². The summed E-state index contributed by atoms with van der Waals surface area (Å²) in [5, 5.41) is 14.2. The molecule has 0 saturated carbocycles. The molecule has 0 heterocycles. The zero-order chi connectivity index (χ0) is 15.8. The molecule has 0 aliphatic carbocycles. The Hall–Kier alpha value is -2.11. The van der Waals surface area contributed by atoms with Gasteiger partial charge in [-0.3, -0.25) is 10.1 Å². The molecule has 0 aliphatic heterocycles. The largest absolute Gasteiger partial charge is 0.462 e. The lowest BCUT2D eigenvalue weighted by molar-refractivity contribution is -0.384. The van der Waals surface area contributed by atoms with Crippen molar-refractivity contribution in [1.29, 1.82) is 0 Å². The number of nitrogens with one attached hydrogen (secondary N) is 1. The molecule has 0 aliphatic rings. The van der Waals surface area contributed by atoms with Crippen molar-refractivity contribution in [1.82, 2.24) is 0 Å². The number of hydrogen-bond donors (Lipinski definition) is 1. The molecule has 6 heteroatoms. The molecule has 0 atom stereocenters. The van der Waals surface area contributed by atoms with Gasteiger partial charge in [0.15, 0.2) is 0 Å². The molecule has 1 rings (SSSR count). The normalized spacial score (nSPS) is 10.2. The summed E-state index contributed by atoms with van der Waals surface area (Å²) in [6.45, 7) is 6.35. The van der Waals surface area contributed by atoms with E-state index in [0.29, 0.717) is 12.1 Å². The van der Waals surface area contributed by atoms with Crippen LogP contribution in [0.5, 0.6) is 0 Å². The highest BCUT2D eigenvalue weighted by atomic mass is 16.6. The van der Waals surface area contributed by atoms with Gasteiger partial charge < -0.3 is 10.1 Å². The molecule has 0 aromatic heterocycles. The Morgan fingerprint density at radius 1 is 1.33 bits per heavy atom. The number of anilines is 1. The number of aryl methyl sites for hydroxylation is 1. The molecule has 0 unspecified atom stereocenters. The number of nitrogens with zero attached hydrogens (tertiary/aromatic N) is 1. The van der Waals surface area contributed by atoms with E-state index in [9.17, 15) is 14.9 Å². The number of rotatable bonds is 8. The van der Waals surface area contributed by atoms with Gasteiger partial charge in [-0.2, -0.15) is 0 Å². The van der Waals surface area contributed by atoms with E-state index in [4.69, 9.17) is 4.74 Å². The second-order valence-electron chi connectivity index (χ2n) is 4.76. The lowest BCUT2D eigenvalue weighted by Crippen LogP contribution is -2.14. The molecule has 0 saturated heterocycles. The average molecular weight is 294 g/mol. The standard InChI is InChI=1S/C15H22N2O4/c1-4-6-7-10-16-14-12(17(19)20)9-8-11(3)13(14)15(18)21-5-2/h8-9,16H,4-7,10H2,1-3H3. The smallest absolute Gasteiger partial charge is 0.340 e. The molecular formula is C15H22N2O4. The van der Waals surface area contributed by atoms with Crippen LogP contribution in [0.25, 0.3) is 0 Å². The highest BCUT2D eigenvalue weighted by molar-refractivity contribution is 5.99. The Bertz CT molecular complexity index is 515. The zero-order valence-electron chi connectivity index (χ0n) is 12.8. The first kappa shape index (κ1) is 16.9. The monoisotopic (exact) mass is 294 g/mol. The summed E-state index contributed by atoms with van der Waals surface area (Å²) < 4.78 is 5.01. The molecule has 0 fully saturated rings. The first-order chi connectivity index (χ1) is 10.0. The summed E-state index contributed by atoms with van der Waals surface area (Å²) in [7, 11) is 0. The molecular weight excluding hydrogens is 272 g/mol. The third-order valence-corrected chi connectivity index (χ3v) is 3.15. The number of carbonyl (C=O) groups is 1. The molecule has 0 radical (unpaired) electrons. The molecule has 21 heavy (non-hydrogen) atoms. The van der Waals surface area contributed by atoms with Crippen LogP contribution in [0.15, 0.2) is 12.1 Å². The number of carbonyl (C=O) groups excluding carboxylic acids is 1. The van der Waals surface area contributed by atoms with Crippen molar-refractivity contribution in [2.75, 3.05) is 18.5 Å². The maximum Gasteiger partial charge on any atom is 0.340 e. The summed E-state index contributed by atoms with van der Waals surface area (Å²) in [6.07, 6.45) is 2.98. The molecule has 1 N–H and O–H groups in total. The van der Waals surface area contributed by atoms with Crippen molar-refractivity contribution in [2.45, 2.75) is 40.0 Å². The fourth-order valence-corrected chi connectivity index (χ4v) is 2.08. The molecule has 0 spiro atoms. The first-order valence-corrected chi connectivity index (χ1v) is 7.21.